The molecule has 1 amide bonds. The number of carbonyl (C=O) groups is 2. The Labute approximate surface area is 122 Å². The minimum Gasteiger partial charge on any atom is -0.478 e. The molecule has 0 spiro atoms. The van der Waals surface area contributed by atoms with E-state index in [2.05, 4.69) is 19.2 Å². The molecule has 1 heterocycles. The average Bonchev–Trinajstić information content (AvgIpc) is 2.93. The maximum atomic E-state index is 12.1. The second-order valence-electron chi connectivity index (χ2n) is 5.95. The number of amides is 1. The Morgan fingerprint density at radius 3 is 2.80 bits per heavy atom. The first-order chi connectivity index (χ1) is 9.35. The number of hydrogen-bond acceptors (Lipinski definition) is 3. The van der Waals surface area contributed by atoms with Crippen molar-refractivity contribution in [3.63, 3.8) is 0 Å². The van der Waals surface area contributed by atoms with Crippen molar-refractivity contribution < 1.29 is 14.7 Å². The highest BCUT2D eigenvalue weighted by Gasteiger charge is 2.31. The van der Waals surface area contributed by atoms with E-state index in [0.717, 1.165) is 30.2 Å². The standard InChI is InChI=1S/C15H19NO3S/c1-15(2)8-7-10(9-15)16-14(19)12-5-3-11(20-12)4-6-13(17)18/h3-6,10H,7-9H2,1-2H3,(H,16,19)(H,17,18)/b6-4+. The number of rotatable bonds is 4. The fourth-order valence-corrected chi connectivity index (χ4v) is 3.35. The molecule has 1 aromatic heterocycles. The summed E-state index contributed by atoms with van der Waals surface area (Å²) < 4.78 is 0. The Bertz CT molecular complexity index is 545. The molecule has 0 saturated heterocycles. The molecule has 0 aliphatic heterocycles. The quantitative estimate of drug-likeness (QED) is 0.838. The van der Waals surface area contributed by atoms with Crippen LogP contribution in [0.15, 0.2) is 18.2 Å². The molecule has 2 rings (SSSR count). The van der Waals surface area contributed by atoms with E-state index in [4.69, 9.17) is 5.11 Å². The van der Waals surface area contributed by atoms with Crippen LogP contribution < -0.4 is 5.32 Å². The van der Waals surface area contributed by atoms with Crippen LogP contribution in [-0.4, -0.2) is 23.0 Å². The first kappa shape index (κ1) is 14.8. The predicted molar refractivity (Wildman–Crippen MR) is 79.9 cm³/mol. The Hall–Kier alpha value is -1.62. The topological polar surface area (TPSA) is 66.4 Å². The molecule has 2 N–H and O–H groups in total. The number of carboxylic acid groups (broad SMARTS) is 1. The zero-order valence-corrected chi connectivity index (χ0v) is 12.5. The summed E-state index contributed by atoms with van der Waals surface area (Å²) in [7, 11) is 0. The van der Waals surface area contributed by atoms with Crippen molar-refractivity contribution in [1.82, 2.24) is 5.32 Å². The smallest absolute Gasteiger partial charge is 0.328 e. The van der Waals surface area contributed by atoms with Crippen molar-refractivity contribution in [3.8, 4) is 0 Å². The second kappa shape index (κ2) is 5.79. The third-order valence-corrected chi connectivity index (χ3v) is 4.59. The normalized spacial score (nSPS) is 21.2. The summed E-state index contributed by atoms with van der Waals surface area (Å²) in [4.78, 5) is 24.0. The molecule has 5 heteroatoms. The van der Waals surface area contributed by atoms with Gasteiger partial charge in [0, 0.05) is 17.0 Å². The van der Waals surface area contributed by atoms with Gasteiger partial charge in [0.1, 0.15) is 0 Å². The average molecular weight is 293 g/mol. The van der Waals surface area contributed by atoms with Gasteiger partial charge >= 0.3 is 5.97 Å². The fraction of sp³-hybridized carbons (Fsp3) is 0.467. The zero-order valence-electron chi connectivity index (χ0n) is 11.7. The lowest BCUT2D eigenvalue weighted by molar-refractivity contribution is -0.131. The highest BCUT2D eigenvalue weighted by molar-refractivity contribution is 7.14. The van der Waals surface area contributed by atoms with E-state index < -0.39 is 5.97 Å². The van der Waals surface area contributed by atoms with E-state index >= 15 is 0 Å². The van der Waals surface area contributed by atoms with Gasteiger partial charge in [0.2, 0.25) is 0 Å². The molecule has 1 aliphatic rings. The van der Waals surface area contributed by atoms with Gasteiger partial charge in [-0.05, 0) is 42.9 Å². The lowest BCUT2D eigenvalue weighted by atomic mass is 9.92. The maximum Gasteiger partial charge on any atom is 0.328 e. The van der Waals surface area contributed by atoms with Crippen molar-refractivity contribution in [2.75, 3.05) is 0 Å². The molecule has 1 unspecified atom stereocenters. The zero-order chi connectivity index (χ0) is 14.8. The third-order valence-electron chi connectivity index (χ3n) is 3.54. The van der Waals surface area contributed by atoms with Crippen LogP contribution in [0.1, 0.15) is 47.7 Å². The van der Waals surface area contributed by atoms with Gasteiger partial charge in [0.25, 0.3) is 5.91 Å². The van der Waals surface area contributed by atoms with Gasteiger partial charge in [-0.1, -0.05) is 13.8 Å². The van der Waals surface area contributed by atoms with Gasteiger partial charge in [0.05, 0.1) is 4.88 Å². The lowest BCUT2D eigenvalue weighted by Crippen LogP contribution is -2.32. The Kier molecular flexibility index (Phi) is 4.28. The van der Waals surface area contributed by atoms with Crippen LogP contribution in [0.2, 0.25) is 0 Å². The molecule has 0 radical (unpaired) electrons. The van der Waals surface area contributed by atoms with Crippen molar-refractivity contribution in [2.24, 2.45) is 5.41 Å². The number of carboxylic acids is 1. The first-order valence-electron chi connectivity index (χ1n) is 6.67. The summed E-state index contributed by atoms with van der Waals surface area (Å²) in [5.74, 6) is -1.05. The van der Waals surface area contributed by atoms with E-state index in [-0.39, 0.29) is 11.9 Å². The lowest BCUT2D eigenvalue weighted by Gasteiger charge is -2.17. The summed E-state index contributed by atoms with van der Waals surface area (Å²) in [5, 5.41) is 11.6. The summed E-state index contributed by atoms with van der Waals surface area (Å²) >= 11 is 1.30. The highest BCUT2D eigenvalue weighted by Crippen LogP contribution is 2.37. The third kappa shape index (κ3) is 3.93. The van der Waals surface area contributed by atoms with Crippen LogP contribution in [0.4, 0.5) is 0 Å². The van der Waals surface area contributed by atoms with Gasteiger partial charge < -0.3 is 10.4 Å². The van der Waals surface area contributed by atoms with Crippen LogP contribution in [0.25, 0.3) is 6.08 Å². The van der Waals surface area contributed by atoms with Crippen LogP contribution in [0.3, 0.4) is 0 Å². The van der Waals surface area contributed by atoms with Crippen LogP contribution >= 0.6 is 11.3 Å². The van der Waals surface area contributed by atoms with Gasteiger partial charge in [-0.15, -0.1) is 11.3 Å². The van der Waals surface area contributed by atoms with E-state index in [9.17, 15) is 9.59 Å². The molecular weight excluding hydrogens is 274 g/mol. The van der Waals surface area contributed by atoms with Crippen LogP contribution in [-0.2, 0) is 4.79 Å². The molecule has 108 valence electrons. The molecule has 1 fully saturated rings. The van der Waals surface area contributed by atoms with Gasteiger partial charge in [0.15, 0.2) is 0 Å². The van der Waals surface area contributed by atoms with E-state index in [1.807, 2.05) is 0 Å². The van der Waals surface area contributed by atoms with Crippen molar-refractivity contribution >= 4 is 29.3 Å². The molecule has 1 atom stereocenters. The fourth-order valence-electron chi connectivity index (χ4n) is 2.53. The minimum absolute atomic E-state index is 0.0623. The molecule has 1 aliphatic carbocycles. The summed E-state index contributed by atoms with van der Waals surface area (Å²) in [6, 6.07) is 3.75. The Morgan fingerprint density at radius 2 is 2.20 bits per heavy atom. The molecule has 1 saturated carbocycles. The molecule has 20 heavy (non-hydrogen) atoms. The summed E-state index contributed by atoms with van der Waals surface area (Å²) in [6.07, 6.45) is 5.75. The first-order valence-corrected chi connectivity index (χ1v) is 7.49. The SMILES string of the molecule is CC1(C)CCC(NC(=O)c2ccc(/C=C/C(=O)O)s2)C1. The van der Waals surface area contributed by atoms with E-state index in [1.54, 1.807) is 12.1 Å². The van der Waals surface area contributed by atoms with Crippen molar-refractivity contribution in [2.45, 2.75) is 39.2 Å². The minimum atomic E-state index is -0.988. The van der Waals surface area contributed by atoms with Gasteiger partial charge in [-0.25, -0.2) is 4.79 Å². The molecule has 0 bridgehead atoms. The van der Waals surface area contributed by atoms with Crippen LogP contribution in [0.5, 0.6) is 0 Å². The maximum absolute atomic E-state index is 12.1. The Balaban J connectivity index is 1.95. The van der Waals surface area contributed by atoms with E-state index in [1.165, 1.54) is 17.4 Å². The molecule has 4 nitrogen and oxygen atoms in total. The highest BCUT2D eigenvalue weighted by atomic mass is 32.1. The summed E-state index contributed by atoms with van der Waals surface area (Å²) in [6.45, 7) is 4.44. The number of thiophene rings is 1. The molecule has 0 aromatic carbocycles. The number of carbonyl (C=O) groups excluding carboxylic acids is 1. The number of hydrogen-bond donors (Lipinski definition) is 2. The monoisotopic (exact) mass is 293 g/mol. The van der Waals surface area contributed by atoms with Crippen molar-refractivity contribution in [1.29, 1.82) is 0 Å². The van der Waals surface area contributed by atoms with Gasteiger partial charge in [-0.2, -0.15) is 0 Å². The summed E-state index contributed by atoms with van der Waals surface area (Å²) in [5.41, 5.74) is 0.308. The number of aliphatic carboxylic acids is 1. The van der Waals surface area contributed by atoms with Crippen LogP contribution in [0, 0.1) is 5.41 Å². The largest absolute Gasteiger partial charge is 0.478 e. The molecular formula is C15H19NO3S. The predicted octanol–water partition coefficient (Wildman–Crippen LogP) is 3.15. The Morgan fingerprint density at radius 1 is 1.45 bits per heavy atom. The van der Waals surface area contributed by atoms with Crippen molar-refractivity contribution in [3.05, 3.63) is 28.0 Å². The second-order valence-corrected chi connectivity index (χ2v) is 7.07. The van der Waals surface area contributed by atoms with E-state index in [0.29, 0.717) is 10.3 Å². The molecule has 1 aromatic rings. The van der Waals surface area contributed by atoms with Gasteiger partial charge in [-0.3, -0.25) is 4.79 Å². The number of nitrogens with one attached hydrogen (secondary N) is 1.